The number of fused-ring (bicyclic) bond motifs is 1. The molecule has 0 saturated carbocycles. The largest absolute Gasteiger partial charge is 0.369 e. The number of halogens is 3. The number of aromatic nitrogens is 5. The summed E-state index contributed by atoms with van der Waals surface area (Å²) in [6.45, 7) is 1.70. The number of para-hydroxylation sites is 1. The van der Waals surface area contributed by atoms with E-state index in [9.17, 15) is 4.39 Å². The van der Waals surface area contributed by atoms with Gasteiger partial charge in [0.05, 0.1) is 21.2 Å². The van der Waals surface area contributed by atoms with E-state index >= 15 is 0 Å². The molecule has 1 saturated heterocycles. The summed E-state index contributed by atoms with van der Waals surface area (Å²) in [5, 5.41) is 15.2. The number of H-pyrrole nitrogens is 1. The number of tetrazole rings is 1. The molecule has 0 atom stereocenters. The van der Waals surface area contributed by atoms with Crippen LogP contribution in [0.5, 0.6) is 0 Å². The molecule has 148 valence electrons. The van der Waals surface area contributed by atoms with E-state index in [4.69, 9.17) is 23.2 Å². The van der Waals surface area contributed by atoms with Crippen LogP contribution in [-0.4, -0.2) is 38.3 Å². The van der Waals surface area contributed by atoms with E-state index in [0.29, 0.717) is 16.7 Å². The van der Waals surface area contributed by atoms with Crippen LogP contribution in [0.1, 0.15) is 19.3 Å². The summed E-state index contributed by atoms with van der Waals surface area (Å²) in [6.07, 6.45) is 3.28. The van der Waals surface area contributed by atoms with Crippen molar-refractivity contribution in [2.24, 2.45) is 0 Å². The molecule has 1 N–H and O–H groups in total. The summed E-state index contributed by atoms with van der Waals surface area (Å²) in [6, 6.07) is 11.4. The van der Waals surface area contributed by atoms with Crippen LogP contribution in [-0.2, 0) is 0 Å². The van der Waals surface area contributed by atoms with E-state index in [1.54, 1.807) is 6.07 Å². The van der Waals surface area contributed by atoms with Crippen molar-refractivity contribution in [2.45, 2.75) is 19.3 Å². The van der Waals surface area contributed by atoms with E-state index in [2.05, 4.69) is 25.5 Å². The van der Waals surface area contributed by atoms with E-state index in [0.717, 1.165) is 43.0 Å². The van der Waals surface area contributed by atoms with Gasteiger partial charge in [0.2, 0.25) is 0 Å². The van der Waals surface area contributed by atoms with Gasteiger partial charge in [0.15, 0.2) is 11.6 Å². The first kappa shape index (κ1) is 18.4. The molecule has 29 heavy (non-hydrogen) atoms. The van der Waals surface area contributed by atoms with Gasteiger partial charge in [-0.15, -0.1) is 5.10 Å². The minimum atomic E-state index is -0.619. The van der Waals surface area contributed by atoms with Gasteiger partial charge in [0, 0.05) is 24.2 Å². The number of nitrogens with zero attached hydrogens (tertiary/aromatic N) is 5. The molecule has 1 fully saturated rings. The zero-order valence-corrected chi connectivity index (χ0v) is 16.9. The maximum Gasteiger partial charge on any atom is 0.198 e. The fourth-order valence-electron chi connectivity index (χ4n) is 4.08. The molecule has 0 aliphatic carbocycles. The second-order valence-corrected chi connectivity index (χ2v) is 7.83. The van der Waals surface area contributed by atoms with Crippen LogP contribution in [0.15, 0.2) is 36.4 Å². The third-order valence-electron chi connectivity index (χ3n) is 5.32. The number of rotatable bonds is 3. The zero-order chi connectivity index (χ0) is 20.0. The van der Waals surface area contributed by atoms with Gasteiger partial charge in [-0.2, -0.15) is 0 Å². The fourth-order valence-corrected chi connectivity index (χ4v) is 4.61. The predicted octanol–water partition coefficient (Wildman–Crippen LogP) is 5.25. The second kappa shape index (κ2) is 7.31. The number of anilines is 1. The number of hydrogen-bond donors (Lipinski definition) is 1. The van der Waals surface area contributed by atoms with Crippen molar-refractivity contribution < 1.29 is 4.39 Å². The summed E-state index contributed by atoms with van der Waals surface area (Å²) >= 11 is 12.7. The number of benzene rings is 2. The molecular weight excluding hydrogens is 414 g/mol. The van der Waals surface area contributed by atoms with Gasteiger partial charge in [-0.05, 0) is 47.9 Å². The average molecular weight is 431 g/mol. The van der Waals surface area contributed by atoms with E-state index in [-0.39, 0.29) is 10.0 Å². The van der Waals surface area contributed by atoms with Crippen LogP contribution in [0, 0.1) is 5.82 Å². The summed E-state index contributed by atoms with van der Waals surface area (Å²) in [5.41, 5.74) is 3.15. The standard InChI is InChI=1S/C20H17Cl2FN6/c21-13-11-14-15(16(22)17(13)23)18(28-9-5-2-6-10-28)19(20-24-26-27-25-20)29(14)12-7-3-1-4-8-12/h1,3-4,7-8,11H,2,5-6,9-10H2,(H,24,25,26,27). The number of piperidine rings is 1. The average Bonchev–Trinajstić information content (AvgIpc) is 3.39. The lowest BCUT2D eigenvalue weighted by atomic mass is 10.1. The zero-order valence-electron chi connectivity index (χ0n) is 15.4. The first-order valence-corrected chi connectivity index (χ1v) is 10.2. The third-order valence-corrected chi connectivity index (χ3v) is 5.95. The van der Waals surface area contributed by atoms with Crippen LogP contribution in [0.3, 0.4) is 0 Å². The highest BCUT2D eigenvalue weighted by Gasteiger charge is 2.30. The Morgan fingerprint density at radius 2 is 1.79 bits per heavy atom. The molecule has 0 unspecified atom stereocenters. The maximum atomic E-state index is 14.8. The van der Waals surface area contributed by atoms with Crippen LogP contribution in [0.4, 0.5) is 10.1 Å². The first-order valence-electron chi connectivity index (χ1n) is 9.43. The molecule has 0 amide bonds. The molecule has 2 aromatic heterocycles. The van der Waals surface area contributed by atoms with Crippen LogP contribution < -0.4 is 4.90 Å². The lowest BCUT2D eigenvalue weighted by Crippen LogP contribution is -2.29. The topological polar surface area (TPSA) is 62.6 Å². The van der Waals surface area contributed by atoms with Gasteiger partial charge in [-0.1, -0.05) is 41.4 Å². The monoisotopic (exact) mass is 430 g/mol. The fraction of sp³-hybridized carbons (Fsp3) is 0.250. The van der Waals surface area contributed by atoms with Crippen molar-refractivity contribution in [3.8, 4) is 17.2 Å². The third kappa shape index (κ3) is 2.96. The molecule has 1 aliphatic rings. The van der Waals surface area contributed by atoms with Gasteiger partial charge in [0.1, 0.15) is 5.69 Å². The lowest BCUT2D eigenvalue weighted by Gasteiger charge is -2.29. The molecule has 9 heteroatoms. The van der Waals surface area contributed by atoms with Crippen LogP contribution >= 0.6 is 23.2 Å². The Morgan fingerprint density at radius 3 is 2.48 bits per heavy atom. The smallest absolute Gasteiger partial charge is 0.198 e. The van der Waals surface area contributed by atoms with Crippen molar-refractivity contribution >= 4 is 39.8 Å². The van der Waals surface area contributed by atoms with Crippen LogP contribution in [0.2, 0.25) is 10.0 Å². The van der Waals surface area contributed by atoms with Gasteiger partial charge < -0.3 is 9.47 Å². The Labute approximate surface area is 176 Å². The molecule has 4 aromatic rings. The van der Waals surface area contributed by atoms with Gasteiger partial charge in [-0.25, -0.2) is 9.49 Å². The van der Waals surface area contributed by atoms with Gasteiger partial charge in [0.25, 0.3) is 0 Å². The Balaban J connectivity index is 1.95. The normalized spacial score (nSPS) is 14.7. The van der Waals surface area contributed by atoms with E-state index in [1.165, 1.54) is 6.42 Å². The van der Waals surface area contributed by atoms with Crippen molar-refractivity contribution in [2.75, 3.05) is 18.0 Å². The Kier molecular flexibility index (Phi) is 4.64. The van der Waals surface area contributed by atoms with Crippen LogP contribution in [0.25, 0.3) is 28.1 Å². The highest BCUT2D eigenvalue weighted by atomic mass is 35.5. The van der Waals surface area contributed by atoms with E-state index < -0.39 is 5.82 Å². The SMILES string of the molecule is Fc1c(Cl)cc2c(c1Cl)c(N1CCCCC1)c(-c1nnn[nH]1)n2-c1ccccc1. The summed E-state index contributed by atoms with van der Waals surface area (Å²) in [4.78, 5) is 2.24. The molecule has 5 rings (SSSR count). The maximum absolute atomic E-state index is 14.8. The van der Waals surface area contributed by atoms with Crippen molar-refractivity contribution in [3.05, 3.63) is 52.3 Å². The quantitative estimate of drug-likeness (QED) is 0.451. The minimum absolute atomic E-state index is 0.0106. The highest BCUT2D eigenvalue weighted by Crippen LogP contribution is 2.47. The molecule has 0 spiro atoms. The first-order chi connectivity index (χ1) is 14.2. The van der Waals surface area contributed by atoms with E-state index in [1.807, 2.05) is 34.9 Å². The number of nitrogens with one attached hydrogen (secondary N) is 1. The molecular formula is C20H17Cl2FN6. The summed E-state index contributed by atoms with van der Waals surface area (Å²) in [7, 11) is 0. The van der Waals surface area contributed by atoms with Crippen molar-refractivity contribution in [1.82, 2.24) is 25.2 Å². The molecule has 2 aromatic carbocycles. The number of aromatic amines is 1. The van der Waals surface area contributed by atoms with Gasteiger partial charge in [-0.3, -0.25) is 0 Å². The molecule has 0 radical (unpaired) electrons. The molecule has 6 nitrogen and oxygen atoms in total. The summed E-state index contributed by atoms with van der Waals surface area (Å²) in [5.74, 6) is -0.134. The Bertz CT molecular complexity index is 1170. The minimum Gasteiger partial charge on any atom is -0.369 e. The molecule has 0 bridgehead atoms. The highest BCUT2D eigenvalue weighted by molar-refractivity contribution is 6.40. The van der Waals surface area contributed by atoms with Crippen molar-refractivity contribution in [3.63, 3.8) is 0 Å². The van der Waals surface area contributed by atoms with Crippen molar-refractivity contribution in [1.29, 1.82) is 0 Å². The van der Waals surface area contributed by atoms with Gasteiger partial charge >= 0.3 is 0 Å². The molecule has 1 aliphatic heterocycles. The Hall–Kier alpha value is -2.64. The number of hydrogen-bond acceptors (Lipinski definition) is 4. The molecule has 3 heterocycles. The second-order valence-electron chi connectivity index (χ2n) is 7.05. The lowest BCUT2D eigenvalue weighted by molar-refractivity contribution is 0.579. The Morgan fingerprint density at radius 1 is 1.03 bits per heavy atom. The summed E-state index contributed by atoms with van der Waals surface area (Å²) < 4.78 is 16.7. The predicted molar refractivity (Wildman–Crippen MR) is 112 cm³/mol.